The second kappa shape index (κ2) is 8.59. The van der Waals surface area contributed by atoms with Gasteiger partial charge in [-0.3, -0.25) is 14.3 Å². The molecular weight excluding hydrogens is 352 g/mol. The number of amides is 2. The summed E-state index contributed by atoms with van der Waals surface area (Å²) in [4.78, 5) is 24.1. The Labute approximate surface area is 166 Å². The van der Waals surface area contributed by atoms with Gasteiger partial charge in [-0.1, -0.05) is 13.8 Å². The number of aromatic nitrogens is 2. The van der Waals surface area contributed by atoms with E-state index in [1.807, 2.05) is 35.9 Å². The molecule has 1 heterocycles. The van der Waals surface area contributed by atoms with Crippen LogP contribution in [0.3, 0.4) is 0 Å². The van der Waals surface area contributed by atoms with Crippen molar-refractivity contribution in [1.82, 2.24) is 9.78 Å². The molecule has 2 N–H and O–H groups in total. The molecule has 1 fully saturated rings. The van der Waals surface area contributed by atoms with Crippen molar-refractivity contribution in [3.05, 3.63) is 41.2 Å². The first kappa shape index (κ1) is 20.1. The lowest BCUT2D eigenvalue weighted by atomic mass is 10.1. The van der Waals surface area contributed by atoms with E-state index in [9.17, 15) is 9.59 Å². The van der Waals surface area contributed by atoms with Gasteiger partial charge >= 0.3 is 0 Å². The van der Waals surface area contributed by atoms with Crippen molar-refractivity contribution in [2.75, 3.05) is 10.6 Å². The largest absolute Gasteiger partial charge is 0.326 e. The highest BCUT2D eigenvalue weighted by Crippen LogP contribution is 2.30. The van der Waals surface area contributed by atoms with Gasteiger partial charge in [0.25, 0.3) is 0 Å². The zero-order chi connectivity index (χ0) is 20.3. The van der Waals surface area contributed by atoms with Crippen molar-refractivity contribution in [3.63, 3.8) is 0 Å². The molecule has 1 saturated carbocycles. The Kier molecular flexibility index (Phi) is 6.17. The van der Waals surface area contributed by atoms with Crippen LogP contribution in [0.1, 0.15) is 50.1 Å². The fraction of sp³-hybridized carbons (Fsp3) is 0.500. The first-order valence-corrected chi connectivity index (χ1v) is 10.1. The molecule has 6 heteroatoms. The van der Waals surface area contributed by atoms with Gasteiger partial charge in [-0.25, -0.2) is 0 Å². The van der Waals surface area contributed by atoms with Crippen molar-refractivity contribution in [1.29, 1.82) is 0 Å². The van der Waals surface area contributed by atoms with E-state index >= 15 is 0 Å². The Morgan fingerprint density at radius 2 is 1.71 bits per heavy atom. The number of anilines is 2. The van der Waals surface area contributed by atoms with Crippen LogP contribution in [-0.4, -0.2) is 21.6 Å². The molecule has 1 aliphatic carbocycles. The van der Waals surface area contributed by atoms with Gasteiger partial charge in [-0.05, 0) is 68.9 Å². The van der Waals surface area contributed by atoms with Gasteiger partial charge in [0, 0.05) is 36.0 Å². The molecule has 0 atom stereocenters. The topological polar surface area (TPSA) is 76.0 Å². The molecule has 28 heavy (non-hydrogen) atoms. The second-order valence-corrected chi connectivity index (χ2v) is 8.11. The number of nitrogens with zero attached hydrogens (tertiary/aromatic N) is 2. The summed E-state index contributed by atoms with van der Waals surface area (Å²) in [7, 11) is 0. The minimum absolute atomic E-state index is 0.0230. The number of carbonyl (C=O) groups is 2. The summed E-state index contributed by atoms with van der Waals surface area (Å²) in [5, 5.41) is 10.4. The Morgan fingerprint density at radius 3 is 2.29 bits per heavy atom. The predicted molar refractivity (Wildman–Crippen MR) is 111 cm³/mol. The monoisotopic (exact) mass is 382 g/mol. The van der Waals surface area contributed by atoms with Gasteiger partial charge in [0.2, 0.25) is 11.8 Å². The van der Waals surface area contributed by atoms with E-state index in [0.29, 0.717) is 18.8 Å². The summed E-state index contributed by atoms with van der Waals surface area (Å²) >= 11 is 0. The van der Waals surface area contributed by atoms with Crippen LogP contribution in [0.2, 0.25) is 0 Å². The molecular formula is C22H30N4O2. The SMILES string of the molecule is Cc1nn(CC(C)C)c(C)c1CCC(=O)Nc1ccc(NC(=O)C2CC2)cc1. The summed E-state index contributed by atoms with van der Waals surface area (Å²) in [6.07, 6.45) is 3.05. The normalized spacial score (nSPS) is 13.6. The van der Waals surface area contributed by atoms with E-state index in [1.165, 1.54) is 0 Å². The van der Waals surface area contributed by atoms with E-state index in [4.69, 9.17) is 0 Å². The molecule has 0 aliphatic heterocycles. The maximum Gasteiger partial charge on any atom is 0.227 e. The molecule has 150 valence electrons. The first-order chi connectivity index (χ1) is 13.3. The zero-order valence-corrected chi connectivity index (χ0v) is 17.2. The van der Waals surface area contributed by atoms with E-state index in [2.05, 4.69) is 36.5 Å². The minimum Gasteiger partial charge on any atom is -0.326 e. The minimum atomic E-state index is -0.0230. The van der Waals surface area contributed by atoms with E-state index < -0.39 is 0 Å². The fourth-order valence-electron chi connectivity index (χ4n) is 3.31. The smallest absolute Gasteiger partial charge is 0.227 e. The van der Waals surface area contributed by atoms with Crippen LogP contribution >= 0.6 is 0 Å². The number of hydrogen-bond acceptors (Lipinski definition) is 3. The van der Waals surface area contributed by atoms with Gasteiger partial charge in [0.15, 0.2) is 0 Å². The Morgan fingerprint density at radius 1 is 1.11 bits per heavy atom. The predicted octanol–water partition coefficient (Wildman–Crippen LogP) is 4.08. The van der Waals surface area contributed by atoms with Crippen LogP contribution in [0.15, 0.2) is 24.3 Å². The summed E-state index contributed by atoms with van der Waals surface area (Å²) in [5.74, 6) is 0.771. The summed E-state index contributed by atoms with van der Waals surface area (Å²) in [6, 6.07) is 7.27. The lowest BCUT2D eigenvalue weighted by Gasteiger charge is -2.09. The van der Waals surface area contributed by atoms with Crippen molar-refractivity contribution in [2.24, 2.45) is 11.8 Å². The molecule has 0 bridgehead atoms. The van der Waals surface area contributed by atoms with Crippen LogP contribution in [0.4, 0.5) is 11.4 Å². The fourth-order valence-corrected chi connectivity index (χ4v) is 3.31. The Hall–Kier alpha value is -2.63. The highest BCUT2D eigenvalue weighted by molar-refractivity contribution is 5.95. The number of benzene rings is 1. The average molecular weight is 383 g/mol. The molecule has 2 amide bonds. The number of nitrogens with one attached hydrogen (secondary N) is 2. The van der Waals surface area contributed by atoms with Crippen LogP contribution < -0.4 is 10.6 Å². The van der Waals surface area contributed by atoms with Crippen molar-refractivity contribution >= 4 is 23.2 Å². The number of hydrogen-bond donors (Lipinski definition) is 2. The summed E-state index contributed by atoms with van der Waals surface area (Å²) in [6.45, 7) is 9.32. The standard InChI is InChI=1S/C22H30N4O2/c1-14(2)13-26-16(4)20(15(3)25-26)11-12-21(27)23-18-7-9-19(10-8-18)24-22(28)17-5-6-17/h7-10,14,17H,5-6,11-13H2,1-4H3,(H,23,27)(H,24,28). The van der Waals surface area contributed by atoms with E-state index in [0.717, 1.165) is 47.7 Å². The molecule has 0 saturated heterocycles. The molecule has 1 aliphatic rings. The molecule has 1 aromatic carbocycles. The van der Waals surface area contributed by atoms with Gasteiger partial charge in [0.05, 0.1) is 5.69 Å². The van der Waals surface area contributed by atoms with Crippen LogP contribution in [0.25, 0.3) is 0 Å². The third kappa shape index (κ3) is 5.21. The highest BCUT2D eigenvalue weighted by Gasteiger charge is 2.29. The average Bonchev–Trinajstić information content (AvgIpc) is 3.44. The molecule has 0 radical (unpaired) electrons. The third-order valence-electron chi connectivity index (χ3n) is 5.06. The zero-order valence-electron chi connectivity index (χ0n) is 17.2. The molecule has 2 aromatic rings. The molecule has 0 spiro atoms. The summed E-state index contributed by atoms with van der Waals surface area (Å²) < 4.78 is 2.04. The molecule has 1 aromatic heterocycles. The van der Waals surface area contributed by atoms with Crippen LogP contribution in [0.5, 0.6) is 0 Å². The quantitative estimate of drug-likeness (QED) is 0.722. The number of carbonyl (C=O) groups excluding carboxylic acids is 2. The van der Waals surface area contributed by atoms with Gasteiger partial charge in [0.1, 0.15) is 0 Å². The van der Waals surface area contributed by atoms with Crippen molar-refractivity contribution in [2.45, 2.75) is 59.9 Å². The van der Waals surface area contributed by atoms with Gasteiger partial charge in [-0.2, -0.15) is 5.10 Å². The number of rotatable bonds is 8. The maximum atomic E-state index is 12.3. The first-order valence-electron chi connectivity index (χ1n) is 10.1. The molecule has 0 unspecified atom stereocenters. The van der Waals surface area contributed by atoms with Crippen LogP contribution in [-0.2, 0) is 22.6 Å². The Bertz CT molecular complexity index is 848. The lowest BCUT2D eigenvalue weighted by molar-refractivity contribution is -0.117. The van der Waals surface area contributed by atoms with Crippen molar-refractivity contribution in [3.8, 4) is 0 Å². The number of aryl methyl sites for hydroxylation is 1. The Balaban J connectivity index is 1.51. The molecule has 3 rings (SSSR count). The van der Waals surface area contributed by atoms with Gasteiger partial charge < -0.3 is 10.6 Å². The highest BCUT2D eigenvalue weighted by atomic mass is 16.2. The van der Waals surface area contributed by atoms with E-state index in [1.54, 1.807) is 0 Å². The lowest BCUT2D eigenvalue weighted by Crippen LogP contribution is -2.14. The van der Waals surface area contributed by atoms with Gasteiger partial charge in [-0.15, -0.1) is 0 Å². The van der Waals surface area contributed by atoms with E-state index in [-0.39, 0.29) is 17.7 Å². The maximum absolute atomic E-state index is 12.3. The third-order valence-corrected chi connectivity index (χ3v) is 5.06. The summed E-state index contributed by atoms with van der Waals surface area (Å²) in [5.41, 5.74) is 4.81. The van der Waals surface area contributed by atoms with Crippen molar-refractivity contribution < 1.29 is 9.59 Å². The van der Waals surface area contributed by atoms with Crippen LogP contribution in [0, 0.1) is 25.7 Å². The second-order valence-electron chi connectivity index (χ2n) is 8.11. The molecule has 6 nitrogen and oxygen atoms in total.